The van der Waals surface area contributed by atoms with E-state index in [4.69, 9.17) is 5.73 Å². The highest BCUT2D eigenvalue weighted by Crippen LogP contribution is 2.23. The van der Waals surface area contributed by atoms with E-state index in [0.717, 1.165) is 25.1 Å². The van der Waals surface area contributed by atoms with Crippen molar-refractivity contribution in [1.82, 2.24) is 4.90 Å². The molecule has 0 aliphatic heterocycles. The Bertz CT molecular complexity index is 542. The van der Waals surface area contributed by atoms with E-state index in [1.54, 1.807) is 12.1 Å². The summed E-state index contributed by atoms with van der Waals surface area (Å²) in [7, 11) is 0. The Morgan fingerprint density at radius 1 is 1.10 bits per heavy atom. The highest BCUT2D eigenvalue weighted by molar-refractivity contribution is 5.21. The third-order valence-corrected chi connectivity index (χ3v) is 3.76. The molecule has 1 unspecified atom stereocenters. The van der Waals surface area contributed by atoms with Gasteiger partial charge in [0.15, 0.2) is 0 Å². The lowest BCUT2D eigenvalue weighted by molar-refractivity contribution is 0.200. The van der Waals surface area contributed by atoms with Crippen LogP contribution in [0.5, 0.6) is 0 Å². The van der Waals surface area contributed by atoms with Crippen molar-refractivity contribution in [2.45, 2.75) is 25.9 Å². The molecule has 0 amide bonds. The number of nitrogens with two attached hydrogens (primary N) is 1. The van der Waals surface area contributed by atoms with Gasteiger partial charge in [0, 0.05) is 19.1 Å². The van der Waals surface area contributed by atoms with Gasteiger partial charge in [-0.2, -0.15) is 0 Å². The molecule has 112 valence electrons. The normalized spacial score (nSPS) is 12.6. The number of hydrogen-bond acceptors (Lipinski definition) is 2. The Kier molecular flexibility index (Phi) is 5.90. The minimum absolute atomic E-state index is 0.160. The minimum atomic E-state index is -0.183. The van der Waals surface area contributed by atoms with Crippen molar-refractivity contribution in [2.75, 3.05) is 13.1 Å². The lowest BCUT2D eigenvalue weighted by Gasteiger charge is -2.29. The third-order valence-electron chi connectivity index (χ3n) is 3.76. The van der Waals surface area contributed by atoms with E-state index in [9.17, 15) is 4.39 Å². The molecule has 0 spiro atoms. The van der Waals surface area contributed by atoms with Crippen molar-refractivity contribution in [2.24, 2.45) is 5.73 Å². The highest BCUT2D eigenvalue weighted by atomic mass is 19.1. The predicted octanol–water partition coefficient (Wildman–Crippen LogP) is 3.74. The molecule has 3 heteroatoms. The molecule has 0 heterocycles. The molecule has 0 bridgehead atoms. The molecule has 2 nitrogen and oxygen atoms in total. The molecule has 0 saturated heterocycles. The molecule has 0 aromatic heterocycles. The van der Waals surface area contributed by atoms with Crippen LogP contribution in [-0.4, -0.2) is 18.0 Å². The molecule has 0 aliphatic rings. The summed E-state index contributed by atoms with van der Waals surface area (Å²) in [6.45, 7) is 4.54. The summed E-state index contributed by atoms with van der Waals surface area (Å²) in [5, 5.41) is 0. The second-order valence-electron chi connectivity index (χ2n) is 5.33. The van der Waals surface area contributed by atoms with E-state index in [-0.39, 0.29) is 11.9 Å². The van der Waals surface area contributed by atoms with E-state index >= 15 is 0 Å². The lowest BCUT2D eigenvalue weighted by Crippen LogP contribution is -2.29. The molecule has 2 aromatic rings. The van der Waals surface area contributed by atoms with E-state index in [1.165, 1.54) is 11.6 Å². The fourth-order valence-corrected chi connectivity index (χ4v) is 2.50. The van der Waals surface area contributed by atoms with E-state index in [2.05, 4.69) is 24.0 Å². The number of nitrogens with zero attached hydrogens (tertiary/aromatic N) is 1. The topological polar surface area (TPSA) is 29.3 Å². The molecule has 2 N–H and O–H groups in total. The summed E-state index contributed by atoms with van der Waals surface area (Å²) < 4.78 is 13.4. The largest absolute Gasteiger partial charge is 0.330 e. The molecule has 0 saturated carbocycles. The summed E-state index contributed by atoms with van der Waals surface area (Å²) in [4.78, 5) is 2.34. The van der Waals surface area contributed by atoms with Crippen LogP contribution in [0.25, 0.3) is 0 Å². The Morgan fingerprint density at radius 3 is 2.52 bits per heavy atom. The van der Waals surface area contributed by atoms with Gasteiger partial charge in [0.05, 0.1) is 0 Å². The molecule has 1 atom stereocenters. The molecule has 21 heavy (non-hydrogen) atoms. The number of rotatable bonds is 7. The zero-order valence-corrected chi connectivity index (χ0v) is 12.5. The van der Waals surface area contributed by atoms with Crippen LogP contribution >= 0.6 is 0 Å². The average Bonchev–Trinajstić information content (AvgIpc) is 2.51. The maximum absolute atomic E-state index is 13.4. The van der Waals surface area contributed by atoms with E-state index in [1.807, 2.05) is 24.3 Å². The summed E-state index contributed by atoms with van der Waals surface area (Å²) >= 11 is 0. The van der Waals surface area contributed by atoms with Crippen LogP contribution in [0.2, 0.25) is 0 Å². The van der Waals surface area contributed by atoms with Crippen molar-refractivity contribution in [1.29, 1.82) is 0 Å². The number of benzene rings is 2. The van der Waals surface area contributed by atoms with Crippen molar-refractivity contribution in [3.05, 3.63) is 71.5 Å². The van der Waals surface area contributed by atoms with Gasteiger partial charge in [0.2, 0.25) is 0 Å². The first-order valence-corrected chi connectivity index (χ1v) is 7.44. The molecule has 2 aromatic carbocycles. The SMILES string of the molecule is CC(c1cccc(F)c1)N(CCCN)Cc1ccccc1. The summed E-state index contributed by atoms with van der Waals surface area (Å²) in [6.07, 6.45) is 0.937. The van der Waals surface area contributed by atoms with Gasteiger partial charge in [-0.3, -0.25) is 4.90 Å². The molecular formula is C18H23FN2. The van der Waals surface area contributed by atoms with Crippen LogP contribution in [0.1, 0.15) is 30.5 Å². The van der Waals surface area contributed by atoms with Gasteiger partial charge < -0.3 is 5.73 Å². The van der Waals surface area contributed by atoms with Crippen LogP contribution in [0.3, 0.4) is 0 Å². The molecule has 0 radical (unpaired) electrons. The molecule has 2 rings (SSSR count). The molecular weight excluding hydrogens is 263 g/mol. The maximum atomic E-state index is 13.4. The monoisotopic (exact) mass is 286 g/mol. The van der Waals surface area contributed by atoms with E-state index in [0.29, 0.717) is 6.54 Å². The van der Waals surface area contributed by atoms with Crippen LogP contribution in [0, 0.1) is 5.82 Å². The fourth-order valence-electron chi connectivity index (χ4n) is 2.50. The zero-order chi connectivity index (χ0) is 15.1. The van der Waals surface area contributed by atoms with Gasteiger partial charge in [-0.05, 0) is 43.1 Å². The second kappa shape index (κ2) is 7.91. The summed E-state index contributed by atoms with van der Waals surface area (Å²) in [5.74, 6) is -0.183. The van der Waals surface area contributed by atoms with Crippen LogP contribution in [-0.2, 0) is 6.54 Å². The standard InChI is InChI=1S/C18H23FN2/c1-15(17-9-5-10-18(19)13-17)21(12-6-11-20)14-16-7-3-2-4-8-16/h2-5,7-10,13,15H,6,11-12,14,20H2,1H3. The van der Waals surface area contributed by atoms with Crippen molar-refractivity contribution in [3.8, 4) is 0 Å². The summed E-state index contributed by atoms with van der Waals surface area (Å²) in [6, 6.07) is 17.4. The Hall–Kier alpha value is -1.71. The third kappa shape index (κ3) is 4.66. The van der Waals surface area contributed by atoms with Gasteiger partial charge >= 0.3 is 0 Å². The van der Waals surface area contributed by atoms with Crippen LogP contribution in [0.4, 0.5) is 4.39 Å². The number of hydrogen-bond donors (Lipinski definition) is 1. The van der Waals surface area contributed by atoms with E-state index < -0.39 is 0 Å². The zero-order valence-electron chi connectivity index (χ0n) is 12.5. The van der Waals surface area contributed by atoms with Crippen molar-refractivity contribution >= 4 is 0 Å². The Balaban J connectivity index is 2.14. The van der Waals surface area contributed by atoms with Gasteiger partial charge in [-0.15, -0.1) is 0 Å². The Labute approximate surface area is 126 Å². The van der Waals surface area contributed by atoms with Crippen molar-refractivity contribution in [3.63, 3.8) is 0 Å². The van der Waals surface area contributed by atoms with Crippen molar-refractivity contribution < 1.29 is 4.39 Å². The second-order valence-corrected chi connectivity index (χ2v) is 5.33. The van der Waals surface area contributed by atoms with Crippen LogP contribution in [0.15, 0.2) is 54.6 Å². The summed E-state index contributed by atoms with van der Waals surface area (Å²) in [5.41, 5.74) is 7.91. The first-order valence-electron chi connectivity index (χ1n) is 7.44. The van der Waals surface area contributed by atoms with Gasteiger partial charge in [-0.1, -0.05) is 42.5 Å². The fraction of sp³-hybridized carbons (Fsp3) is 0.333. The minimum Gasteiger partial charge on any atom is -0.330 e. The van der Waals surface area contributed by atoms with Gasteiger partial charge in [-0.25, -0.2) is 4.39 Å². The first kappa shape index (κ1) is 15.7. The van der Waals surface area contributed by atoms with Crippen LogP contribution < -0.4 is 5.73 Å². The van der Waals surface area contributed by atoms with Gasteiger partial charge in [0.25, 0.3) is 0 Å². The molecule has 0 aliphatic carbocycles. The maximum Gasteiger partial charge on any atom is 0.123 e. The quantitative estimate of drug-likeness (QED) is 0.840. The predicted molar refractivity (Wildman–Crippen MR) is 85.3 cm³/mol. The smallest absolute Gasteiger partial charge is 0.123 e. The Morgan fingerprint density at radius 2 is 1.86 bits per heavy atom. The van der Waals surface area contributed by atoms with Gasteiger partial charge in [0.1, 0.15) is 5.82 Å². The number of halogens is 1. The average molecular weight is 286 g/mol. The lowest BCUT2D eigenvalue weighted by atomic mass is 10.1. The first-order chi connectivity index (χ1) is 10.2. The highest BCUT2D eigenvalue weighted by Gasteiger charge is 2.16. The molecule has 0 fully saturated rings.